The molecule has 0 aliphatic heterocycles. The molecule has 0 aliphatic carbocycles. The predicted molar refractivity (Wildman–Crippen MR) is 99.1 cm³/mol. The van der Waals surface area contributed by atoms with Gasteiger partial charge in [0.15, 0.2) is 0 Å². The molecule has 0 aliphatic rings. The van der Waals surface area contributed by atoms with E-state index < -0.39 is 10.0 Å². The number of rotatable bonds is 7. The Kier molecular flexibility index (Phi) is 5.29. The summed E-state index contributed by atoms with van der Waals surface area (Å²) in [4.78, 5) is 0.186. The van der Waals surface area contributed by atoms with E-state index in [9.17, 15) is 8.42 Å². The van der Waals surface area contributed by atoms with E-state index >= 15 is 0 Å². The first-order chi connectivity index (χ1) is 12.4. The molecule has 0 radical (unpaired) electrons. The largest absolute Gasteiger partial charge is 0.465 e. The standard InChI is InChI=1S/C19H23N3O3S/c1-15(2)22(13-18-10-9-16(3)25-18)26(23,24)19-11-20-21(14-19)12-17-7-5-4-6-8-17/h4-11,14-15H,12-13H2,1-3H3. The van der Waals surface area contributed by atoms with Crippen LogP contribution in [0.2, 0.25) is 0 Å². The van der Waals surface area contributed by atoms with Crippen LogP contribution in [0.4, 0.5) is 0 Å². The summed E-state index contributed by atoms with van der Waals surface area (Å²) in [6, 6.07) is 13.2. The van der Waals surface area contributed by atoms with Gasteiger partial charge in [0.05, 0.1) is 19.3 Å². The highest BCUT2D eigenvalue weighted by Gasteiger charge is 2.29. The van der Waals surface area contributed by atoms with Gasteiger partial charge < -0.3 is 4.42 Å². The van der Waals surface area contributed by atoms with Crippen LogP contribution >= 0.6 is 0 Å². The average molecular weight is 373 g/mol. The van der Waals surface area contributed by atoms with Gasteiger partial charge in [-0.3, -0.25) is 4.68 Å². The van der Waals surface area contributed by atoms with E-state index in [2.05, 4.69) is 5.10 Å². The number of benzene rings is 1. The maximum atomic E-state index is 13.1. The fraction of sp³-hybridized carbons (Fsp3) is 0.316. The third-order valence-corrected chi connectivity index (χ3v) is 6.06. The maximum Gasteiger partial charge on any atom is 0.246 e. The summed E-state index contributed by atoms with van der Waals surface area (Å²) in [6.45, 7) is 6.25. The molecule has 2 aromatic heterocycles. The van der Waals surface area contributed by atoms with Crippen LogP contribution in [0.15, 0.2) is 64.2 Å². The van der Waals surface area contributed by atoms with Gasteiger partial charge in [0.1, 0.15) is 16.4 Å². The number of hydrogen-bond acceptors (Lipinski definition) is 4. The highest BCUT2D eigenvalue weighted by atomic mass is 32.2. The van der Waals surface area contributed by atoms with Crippen molar-refractivity contribution in [3.05, 3.63) is 71.9 Å². The summed E-state index contributed by atoms with van der Waals surface area (Å²) in [5.74, 6) is 1.38. The number of hydrogen-bond donors (Lipinski definition) is 0. The Morgan fingerprint density at radius 2 is 1.88 bits per heavy atom. The molecule has 0 saturated heterocycles. The van der Waals surface area contributed by atoms with Gasteiger partial charge in [-0.2, -0.15) is 9.40 Å². The van der Waals surface area contributed by atoms with Crippen molar-refractivity contribution in [2.75, 3.05) is 0 Å². The minimum Gasteiger partial charge on any atom is -0.465 e. The summed E-state index contributed by atoms with van der Waals surface area (Å²) in [7, 11) is -3.67. The number of aromatic nitrogens is 2. The van der Waals surface area contributed by atoms with Gasteiger partial charge in [-0.1, -0.05) is 30.3 Å². The molecule has 26 heavy (non-hydrogen) atoms. The minimum atomic E-state index is -3.67. The fourth-order valence-electron chi connectivity index (χ4n) is 2.74. The number of aryl methyl sites for hydroxylation is 1. The van der Waals surface area contributed by atoms with Crippen molar-refractivity contribution >= 4 is 10.0 Å². The van der Waals surface area contributed by atoms with Crippen molar-refractivity contribution in [3.8, 4) is 0 Å². The second-order valence-electron chi connectivity index (χ2n) is 6.52. The van der Waals surface area contributed by atoms with E-state index in [4.69, 9.17) is 4.42 Å². The molecule has 0 amide bonds. The SMILES string of the molecule is Cc1ccc(CN(C(C)C)S(=O)(=O)c2cnn(Cc3ccccc3)c2)o1. The molecule has 0 N–H and O–H groups in total. The second kappa shape index (κ2) is 7.47. The summed E-state index contributed by atoms with van der Waals surface area (Å²) >= 11 is 0. The van der Waals surface area contributed by atoms with Crippen molar-refractivity contribution in [1.82, 2.24) is 14.1 Å². The fourth-order valence-corrected chi connectivity index (χ4v) is 4.30. The molecule has 6 nitrogen and oxygen atoms in total. The van der Waals surface area contributed by atoms with E-state index in [1.807, 2.05) is 57.2 Å². The molecule has 3 aromatic rings. The maximum absolute atomic E-state index is 13.1. The Bertz CT molecular complexity index is 959. The molecule has 2 heterocycles. The summed E-state index contributed by atoms with van der Waals surface area (Å²) in [5, 5.41) is 4.22. The Balaban J connectivity index is 1.83. The van der Waals surface area contributed by atoms with Crippen molar-refractivity contribution in [3.63, 3.8) is 0 Å². The van der Waals surface area contributed by atoms with E-state index in [0.29, 0.717) is 12.3 Å². The smallest absolute Gasteiger partial charge is 0.246 e. The van der Waals surface area contributed by atoms with Crippen LogP contribution in [0, 0.1) is 6.92 Å². The average Bonchev–Trinajstić information content (AvgIpc) is 3.22. The van der Waals surface area contributed by atoms with Gasteiger partial charge in [-0.25, -0.2) is 8.42 Å². The lowest BCUT2D eigenvalue weighted by Gasteiger charge is -2.24. The zero-order valence-corrected chi connectivity index (χ0v) is 16.0. The third-order valence-electron chi connectivity index (χ3n) is 4.09. The Hall–Kier alpha value is -2.38. The van der Waals surface area contributed by atoms with Crippen LogP contribution in [-0.2, 0) is 23.1 Å². The molecule has 0 atom stereocenters. The lowest BCUT2D eigenvalue weighted by atomic mass is 10.2. The van der Waals surface area contributed by atoms with Crippen LogP contribution in [0.1, 0.15) is 30.9 Å². The molecular formula is C19H23N3O3S. The normalized spacial score (nSPS) is 12.2. The molecule has 0 saturated carbocycles. The first-order valence-electron chi connectivity index (χ1n) is 8.50. The van der Waals surface area contributed by atoms with Crippen LogP contribution < -0.4 is 0 Å². The first-order valence-corrected chi connectivity index (χ1v) is 9.94. The second-order valence-corrected chi connectivity index (χ2v) is 8.41. The van der Waals surface area contributed by atoms with Crippen LogP contribution in [0.5, 0.6) is 0 Å². The van der Waals surface area contributed by atoms with Crippen LogP contribution in [0.25, 0.3) is 0 Å². The van der Waals surface area contributed by atoms with E-state index in [1.165, 1.54) is 10.5 Å². The molecule has 3 rings (SSSR count). The molecule has 7 heteroatoms. The zero-order valence-electron chi connectivity index (χ0n) is 15.2. The van der Waals surface area contributed by atoms with Gasteiger partial charge in [0.2, 0.25) is 10.0 Å². The molecule has 0 unspecified atom stereocenters. The third kappa shape index (κ3) is 4.05. The number of nitrogens with zero attached hydrogens (tertiary/aromatic N) is 3. The van der Waals surface area contributed by atoms with Gasteiger partial charge in [-0.05, 0) is 38.5 Å². The zero-order chi connectivity index (χ0) is 18.7. The monoisotopic (exact) mass is 373 g/mol. The summed E-state index contributed by atoms with van der Waals surface area (Å²) < 4.78 is 34.8. The van der Waals surface area contributed by atoms with E-state index in [1.54, 1.807) is 16.9 Å². The minimum absolute atomic E-state index is 0.186. The Morgan fingerprint density at radius 1 is 1.15 bits per heavy atom. The number of furan rings is 1. The van der Waals surface area contributed by atoms with E-state index in [-0.39, 0.29) is 17.5 Å². The highest BCUT2D eigenvalue weighted by molar-refractivity contribution is 7.89. The molecule has 1 aromatic carbocycles. The van der Waals surface area contributed by atoms with Crippen LogP contribution in [-0.4, -0.2) is 28.5 Å². The Labute approximate surface area is 154 Å². The van der Waals surface area contributed by atoms with E-state index in [0.717, 1.165) is 11.3 Å². The van der Waals surface area contributed by atoms with Gasteiger partial charge in [0, 0.05) is 12.2 Å². The quantitative estimate of drug-likeness (QED) is 0.636. The molecule has 0 spiro atoms. The van der Waals surface area contributed by atoms with Crippen LogP contribution in [0.3, 0.4) is 0 Å². The summed E-state index contributed by atoms with van der Waals surface area (Å²) in [5.41, 5.74) is 1.06. The Morgan fingerprint density at radius 3 is 2.50 bits per heavy atom. The molecular weight excluding hydrogens is 350 g/mol. The summed E-state index contributed by atoms with van der Waals surface area (Å²) in [6.07, 6.45) is 2.98. The van der Waals surface area contributed by atoms with Crippen molar-refractivity contribution in [2.45, 2.75) is 44.8 Å². The van der Waals surface area contributed by atoms with Crippen molar-refractivity contribution in [1.29, 1.82) is 0 Å². The molecule has 0 fully saturated rings. The number of sulfonamides is 1. The topological polar surface area (TPSA) is 68.3 Å². The van der Waals surface area contributed by atoms with Crippen molar-refractivity contribution < 1.29 is 12.8 Å². The van der Waals surface area contributed by atoms with Crippen molar-refractivity contribution in [2.24, 2.45) is 0 Å². The first kappa shape index (κ1) is 18.4. The molecule has 138 valence electrons. The highest BCUT2D eigenvalue weighted by Crippen LogP contribution is 2.22. The van der Waals surface area contributed by atoms with Gasteiger partial charge >= 0.3 is 0 Å². The van der Waals surface area contributed by atoms with Gasteiger partial charge in [0.25, 0.3) is 0 Å². The van der Waals surface area contributed by atoms with Gasteiger partial charge in [-0.15, -0.1) is 0 Å². The lowest BCUT2D eigenvalue weighted by Crippen LogP contribution is -2.36. The predicted octanol–water partition coefficient (Wildman–Crippen LogP) is 3.43. The molecule has 0 bridgehead atoms. The lowest BCUT2D eigenvalue weighted by molar-refractivity contribution is 0.314.